The topological polar surface area (TPSA) is 84.5 Å². The second-order valence-electron chi connectivity index (χ2n) is 6.33. The Labute approximate surface area is 139 Å². The maximum absolute atomic E-state index is 12.2. The number of carbonyl (C=O) groups is 3. The molecule has 1 aromatic carbocycles. The fraction of sp³-hybridized carbons (Fsp3) is 0.438. The molecule has 0 radical (unpaired) electrons. The largest absolute Gasteiger partial charge is 0.449 e. The first-order valence-corrected chi connectivity index (χ1v) is 8.24. The Hall–Kier alpha value is -2.02. The number of carbonyl (C=O) groups excluding carboxylic acids is 3. The molecule has 0 aliphatic carbocycles. The fourth-order valence-electron chi connectivity index (χ4n) is 1.96. The maximum atomic E-state index is 12.2. The molecule has 0 unspecified atom stereocenters. The predicted molar refractivity (Wildman–Crippen MR) is 88.6 cm³/mol. The number of hydrogen-bond donors (Lipinski definition) is 2. The molecule has 23 heavy (non-hydrogen) atoms. The van der Waals surface area contributed by atoms with Crippen molar-refractivity contribution < 1.29 is 19.1 Å². The zero-order chi connectivity index (χ0) is 17.2. The summed E-state index contributed by atoms with van der Waals surface area (Å²) >= 11 is 1.41. The Morgan fingerprint density at radius 3 is 2.70 bits per heavy atom. The summed E-state index contributed by atoms with van der Waals surface area (Å²) in [7, 11) is 0. The summed E-state index contributed by atoms with van der Waals surface area (Å²) < 4.78 is 5.19. The zero-order valence-electron chi connectivity index (χ0n) is 13.6. The van der Waals surface area contributed by atoms with Crippen molar-refractivity contribution in [1.82, 2.24) is 5.32 Å². The molecule has 0 fully saturated rings. The van der Waals surface area contributed by atoms with Crippen molar-refractivity contribution >= 4 is 35.2 Å². The Morgan fingerprint density at radius 2 is 2.04 bits per heavy atom. The van der Waals surface area contributed by atoms with Crippen molar-refractivity contribution in [2.75, 3.05) is 11.1 Å². The van der Waals surface area contributed by atoms with E-state index in [1.165, 1.54) is 18.7 Å². The van der Waals surface area contributed by atoms with Crippen molar-refractivity contribution in [1.29, 1.82) is 0 Å². The van der Waals surface area contributed by atoms with Gasteiger partial charge in [0, 0.05) is 10.4 Å². The zero-order valence-corrected chi connectivity index (χ0v) is 14.4. The Bertz CT molecular complexity index is 652. The minimum atomic E-state index is -0.901. The van der Waals surface area contributed by atoms with Gasteiger partial charge in [-0.1, -0.05) is 0 Å². The first-order valence-electron chi connectivity index (χ1n) is 7.25. The summed E-state index contributed by atoms with van der Waals surface area (Å²) in [5.74, 6) is -0.700. The predicted octanol–water partition coefficient (Wildman–Crippen LogP) is 2.19. The lowest BCUT2D eigenvalue weighted by molar-refractivity contribution is -0.130. The highest BCUT2D eigenvalue weighted by Crippen LogP contribution is 2.32. The molecule has 1 aromatic rings. The van der Waals surface area contributed by atoms with Crippen LogP contribution >= 0.6 is 11.8 Å². The number of anilines is 1. The molecule has 124 valence electrons. The molecule has 0 saturated heterocycles. The molecule has 1 heterocycles. The summed E-state index contributed by atoms with van der Waals surface area (Å²) in [6, 6.07) is 4.95. The van der Waals surface area contributed by atoms with Crippen LogP contribution in [0.15, 0.2) is 23.1 Å². The van der Waals surface area contributed by atoms with Gasteiger partial charge in [-0.05, 0) is 45.9 Å². The van der Waals surface area contributed by atoms with Gasteiger partial charge in [-0.3, -0.25) is 9.59 Å². The molecule has 1 aliphatic heterocycles. The summed E-state index contributed by atoms with van der Waals surface area (Å²) in [5, 5.41) is 5.47. The van der Waals surface area contributed by atoms with Crippen LogP contribution in [0.1, 0.15) is 38.1 Å². The number of thioether (sulfide) groups is 1. The van der Waals surface area contributed by atoms with Crippen molar-refractivity contribution in [3.8, 4) is 0 Å². The highest BCUT2D eigenvalue weighted by Gasteiger charge is 2.24. The van der Waals surface area contributed by atoms with Crippen LogP contribution < -0.4 is 10.6 Å². The van der Waals surface area contributed by atoms with Crippen molar-refractivity contribution in [2.24, 2.45) is 0 Å². The van der Waals surface area contributed by atoms with E-state index in [0.29, 0.717) is 17.0 Å². The van der Waals surface area contributed by atoms with E-state index in [4.69, 9.17) is 4.74 Å². The lowest BCUT2D eigenvalue weighted by Gasteiger charge is -2.23. The van der Waals surface area contributed by atoms with Gasteiger partial charge >= 0.3 is 5.97 Å². The Kier molecular flexibility index (Phi) is 4.99. The van der Waals surface area contributed by atoms with Crippen LogP contribution in [0.4, 0.5) is 5.69 Å². The first-order chi connectivity index (χ1) is 10.7. The third-order valence-corrected chi connectivity index (χ3v) is 4.07. The third-order valence-electron chi connectivity index (χ3n) is 3.00. The molecule has 0 saturated carbocycles. The summed E-state index contributed by atoms with van der Waals surface area (Å²) in [6.45, 7) is 7.07. The molecule has 2 amide bonds. The average Bonchev–Trinajstić information content (AvgIpc) is 2.44. The average molecular weight is 336 g/mol. The van der Waals surface area contributed by atoms with E-state index >= 15 is 0 Å². The molecule has 7 heteroatoms. The van der Waals surface area contributed by atoms with Gasteiger partial charge in [-0.25, -0.2) is 4.79 Å². The molecular weight excluding hydrogens is 316 g/mol. The number of esters is 1. The van der Waals surface area contributed by atoms with E-state index in [0.717, 1.165) is 4.90 Å². The van der Waals surface area contributed by atoms with Gasteiger partial charge < -0.3 is 15.4 Å². The number of ether oxygens (including phenoxy) is 1. The number of amides is 2. The first kappa shape index (κ1) is 17.3. The van der Waals surface area contributed by atoms with Crippen molar-refractivity contribution in [2.45, 2.75) is 44.2 Å². The number of hydrogen-bond acceptors (Lipinski definition) is 5. The van der Waals surface area contributed by atoms with Gasteiger partial charge in [0.25, 0.3) is 5.91 Å². The highest BCUT2D eigenvalue weighted by molar-refractivity contribution is 8.00. The number of fused-ring (bicyclic) bond motifs is 1. The summed E-state index contributed by atoms with van der Waals surface area (Å²) in [6.07, 6.45) is -0.901. The highest BCUT2D eigenvalue weighted by atomic mass is 32.2. The molecule has 6 nitrogen and oxygen atoms in total. The second-order valence-corrected chi connectivity index (χ2v) is 7.35. The molecule has 1 atom stereocenters. The van der Waals surface area contributed by atoms with Crippen LogP contribution in [0.5, 0.6) is 0 Å². The minimum absolute atomic E-state index is 0.106. The number of nitrogens with one attached hydrogen (secondary N) is 2. The van der Waals surface area contributed by atoms with Crippen LogP contribution in [-0.4, -0.2) is 35.2 Å². The lowest BCUT2D eigenvalue weighted by atomic mass is 10.1. The van der Waals surface area contributed by atoms with Gasteiger partial charge in [-0.15, -0.1) is 11.8 Å². The minimum Gasteiger partial charge on any atom is -0.449 e. The third kappa shape index (κ3) is 4.72. The van der Waals surface area contributed by atoms with Crippen LogP contribution in [0.3, 0.4) is 0 Å². The van der Waals surface area contributed by atoms with E-state index in [-0.39, 0.29) is 11.8 Å². The van der Waals surface area contributed by atoms with Gasteiger partial charge in [-0.2, -0.15) is 0 Å². The molecule has 2 N–H and O–H groups in total. The Morgan fingerprint density at radius 1 is 1.35 bits per heavy atom. The SMILES string of the molecule is C[C@@H](OC(=O)c1ccc2c(c1)NC(=O)CS2)C(=O)NC(C)(C)C. The molecule has 1 aliphatic rings. The van der Waals surface area contributed by atoms with Crippen LogP contribution in [0.2, 0.25) is 0 Å². The van der Waals surface area contributed by atoms with Crippen LogP contribution in [0, 0.1) is 0 Å². The maximum Gasteiger partial charge on any atom is 0.338 e. The van der Waals surface area contributed by atoms with Crippen molar-refractivity contribution in [3.63, 3.8) is 0 Å². The number of rotatable bonds is 3. The van der Waals surface area contributed by atoms with Crippen LogP contribution in [-0.2, 0) is 14.3 Å². The van der Waals surface area contributed by atoms with Gasteiger partial charge in [0.1, 0.15) is 0 Å². The fourth-order valence-corrected chi connectivity index (χ4v) is 2.75. The standard InChI is InChI=1S/C16H20N2O4S/c1-9(14(20)18-16(2,3)4)22-15(21)10-5-6-12-11(7-10)17-13(19)8-23-12/h5-7,9H,8H2,1-4H3,(H,17,19)(H,18,20)/t9-/m1/s1. The summed E-state index contributed by atoms with van der Waals surface area (Å²) in [5.41, 5.74) is 0.486. The monoisotopic (exact) mass is 336 g/mol. The molecule has 0 bridgehead atoms. The van der Waals surface area contributed by atoms with Crippen molar-refractivity contribution in [3.05, 3.63) is 23.8 Å². The molecule has 2 rings (SSSR count). The molecular formula is C16H20N2O4S. The molecule has 0 aromatic heterocycles. The second kappa shape index (κ2) is 6.62. The lowest BCUT2D eigenvalue weighted by Crippen LogP contribution is -2.46. The van der Waals surface area contributed by atoms with Gasteiger partial charge in [0.05, 0.1) is 17.0 Å². The van der Waals surface area contributed by atoms with Gasteiger partial charge in [0.2, 0.25) is 5.91 Å². The summed E-state index contributed by atoms with van der Waals surface area (Å²) in [4.78, 5) is 36.4. The quantitative estimate of drug-likeness (QED) is 0.827. The normalized spacial score (nSPS) is 15.2. The van der Waals surface area contributed by atoms with E-state index in [2.05, 4.69) is 10.6 Å². The van der Waals surface area contributed by atoms with E-state index in [1.54, 1.807) is 18.2 Å². The van der Waals surface area contributed by atoms with E-state index in [1.807, 2.05) is 20.8 Å². The van der Waals surface area contributed by atoms with E-state index in [9.17, 15) is 14.4 Å². The van der Waals surface area contributed by atoms with Gasteiger partial charge in [0.15, 0.2) is 6.10 Å². The van der Waals surface area contributed by atoms with Crippen LogP contribution in [0.25, 0.3) is 0 Å². The van der Waals surface area contributed by atoms with E-state index < -0.39 is 17.6 Å². The smallest absolute Gasteiger partial charge is 0.338 e. The Balaban J connectivity index is 2.05. The molecule has 0 spiro atoms. The number of benzene rings is 1.